The number of benzene rings is 1. The molecule has 1 aliphatic rings. The number of aromatic nitrogens is 2. The Morgan fingerprint density at radius 1 is 1.26 bits per heavy atom. The molecule has 1 N–H and O–H groups in total. The van der Waals surface area contributed by atoms with E-state index in [1.54, 1.807) is 13.0 Å². The summed E-state index contributed by atoms with van der Waals surface area (Å²) < 4.78 is 10.4. The molecule has 0 bridgehead atoms. The van der Waals surface area contributed by atoms with Crippen molar-refractivity contribution in [3.8, 4) is 0 Å². The number of para-hydroxylation sites is 1. The highest BCUT2D eigenvalue weighted by Gasteiger charge is 2.33. The van der Waals surface area contributed by atoms with Crippen LogP contribution >= 0.6 is 0 Å². The van der Waals surface area contributed by atoms with Crippen LogP contribution in [0.15, 0.2) is 34.9 Å². The molecule has 1 amide bonds. The van der Waals surface area contributed by atoms with Crippen molar-refractivity contribution < 1.29 is 18.8 Å². The number of ether oxygens (including phenoxy) is 1. The first-order valence-corrected chi connectivity index (χ1v) is 10.5. The summed E-state index contributed by atoms with van der Waals surface area (Å²) in [6.45, 7) is 8.02. The molecule has 7 nitrogen and oxygen atoms in total. The average Bonchev–Trinajstić information content (AvgIpc) is 3.13. The Balaban J connectivity index is 1.61. The van der Waals surface area contributed by atoms with Crippen molar-refractivity contribution in [2.45, 2.75) is 47.0 Å². The molecule has 162 valence electrons. The molecule has 0 radical (unpaired) electrons. The number of carbonyl (C=O) groups is 2. The molecule has 1 aliphatic carbocycles. The Morgan fingerprint density at radius 3 is 2.74 bits per heavy atom. The van der Waals surface area contributed by atoms with Crippen LogP contribution in [0, 0.1) is 18.3 Å². The average molecular weight is 421 g/mol. The van der Waals surface area contributed by atoms with Gasteiger partial charge in [0.05, 0.1) is 16.8 Å². The van der Waals surface area contributed by atoms with Crippen LogP contribution in [0.25, 0.3) is 10.9 Å². The summed E-state index contributed by atoms with van der Waals surface area (Å²) in [5.41, 5.74) is 3.96. The number of hydrogen-bond donors (Lipinski definition) is 1. The van der Waals surface area contributed by atoms with E-state index in [2.05, 4.69) is 31.2 Å². The summed E-state index contributed by atoms with van der Waals surface area (Å²) in [4.78, 5) is 30.2. The van der Waals surface area contributed by atoms with Gasteiger partial charge < -0.3 is 9.26 Å². The van der Waals surface area contributed by atoms with Crippen LogP contribution in [0.1, 0.15) is 54.5 Å². The normalized spacial score (nSPS) is 16.1. The highest BCUT2D eigenvalue weighted by atomic mass is 16.5. The molecule has 0 saturated carbocycles. The number of rotatable bonds is 4. The number of nitrogens with zero attached hydrogens (tertiary/aromatic N) is 2. The second kappa shape index (κ2) is 8.13. The van der Waals surface area contributed by atoms with E-state index in [0.717, 1.165) is 41.4 Å². The number of aryl methyl sites for hydroxylation is 2. The van der Waals surface area contributed by atoms with Gasteiger partial charge in [0, 0.05) is 17.1 Å². The fourth-order valence-corrected chi connectivity index (χ4v) is 4.16. The predicted molar refractivity (Wildman–Crippen MR) is 117 cm³/mol. The first-order valence-electron chi connectivity index (χ1n) is 10.5. The SMILES string of the molecule is Cc1cc(NC(=O)COC(=O)c2c3c(nc4ccccc24)CCC(C(C)(C)C)C3)on1. The van der Waals surface area contributed by atoms with Crippen LogP contribution < -0.4 is 5.32 Å². The van der Waals surface area contributed by atoms with E-state index in [1.165, 1.54) is 0 Å². The zero-order valence-corrected chi connectivity index (χ0v) is 18.3. The van der Waals surface area contributed by atoms with Gasteiger partial charge in [-0.1, -0.05) is 44.1 Å². The van der Waals surface area contributed by atoms with Gasteiger partial charge in [0.2, 0.25) is 5.88 Å². The Labute approximate surface area is 181 Å². The van der Waals surface area contributed by atoms with Gasteiger partial charge in [0.15, 0.2) is 6.61 Å². The molecular weight excluding hydrogens is 394 g/mol. The molecule has 0 aliphatic heterocycles. The van der Waals surface area contributed by atoms with Crippen molar-refractivity contribution in [3.05, 3.63) is 52.8 Å². The van der Waals surface area contributed by atoms with Crippen LogP contribution in [0.4, 0.5) is 5.88 Å². The topological polar surface area (TPSA) is 94.3 Å². The molecule has 1 atom stereocenters. The van der Waals surface area contributed by atoms with E-state index in [1.807, 2.05) is 24.3 Å². The molecule has 1 aromatic carbocycles. The number of fused-ring (bicyclic) bond motifs is 2. The fourth-order valence-electron chi connectivity index (χ4n) is 4.16. The third-order valence-corrected chi connectivity index (χ3v) is 5.91. The molecular formula is C24H27N3O4. The first-order chi connectivity index (χ1) is 14.7. The largest absolute Gasteiger partial charge is 0.452 e. The molecule has 3 aromatic rings. The highest BCUT2D eigenvalue weighted by molar-refractivity contribution is 6.06. The van der Waals surface area contributed by atoms with Crippen molar-refractivity contribution >= 4 is 28.7 Å². The van der Waals surface area contributed by atoms with E-state index in [9.17, 15) is 9.59 Å². The number of hydrogen-bond acceptors (Lipinski definition) is 6. The number of pyridine rings is 1. The van der Waals surface area contributed by atoms with Crippen molar-refractivity contribution in [2.75, 3.05) is 11.9 Å². The van der Waals surface area contributed by atoms with Crippen LogP contribution in [-0.2, 0) is 22.4 Å². The second-order valence-corrected chi connectivity index (χ2v) is 9.19. The molecule has 0 spiro atoms. The quantitative estimate of drug-likeness (QED) is 0.624. The minimum absolute atomic E-state index is 0.125. The van der Waals surface area contributed by atoms with Gasteiger partial charge in [-0.05, 0) is 49.1 Å². The lowest BCUT2D eigenvalue weighted by Gasteiger charge is -2.35. The van der Waals surface area contributed by atoms with Gasteiger partial charge in [-0.3, -0.25) is 15.1 Å². The molecule has 0 saturated heterocycles. The van der Waals surface area contributed by atoms with Crippen LogP contribution in [0.2, 0.25) is 0 Å². The summed E-state index contributed by atoms with van der Waals surface area (Å²) in [6.07, 6.45) is 2.63. The molecule has 2 aromatic heterocycles. The van der Waals surface area contributed by atoms with E-state index in [4.69, 9.17) is 14.2 Å². The molecule has 31 heavy (non-hydrogen) atoms. The maximum Gasteiger partial charge on any atom is 0.339 e. The van der Waals surface area contributed by atoms with Crippen molar-refractivity contribution in [1.29, 1.82) is 0 Å². The Morgan fingerprint density at radius 2 is 2.03 bits per heavy atom. The first kappa shape index (κ1) is 21.0. The maximum absolute atomic E-state index is 13.2. The van der Waals surface area contributed by atoms with Crippen LogP contribution in [0.5, 0.6) is 0 Å². The minimum Gasteiger partial charge on any atom is -0.452 e. The number of nitrogens with one attached hydrogen (secondary N) is 1. The van der Waals surface area contributed by atoms with Gasteiger partial charge >= 0.3 is 5.97 Å². The van der Waals surface area contributed by atoms with E-state index < -0.39 is 18.5 Å². The lowest BCUT2D eigenvalue weighted by Crippen LogP contribution is -2.29. The third-order valence-electron chi connectivity index (χ3n) is 5.91. The van der Waals surface area contributed by atoms with Gasteiger partial charge in [-0.2, -0.15) is 0 Å². The number of esters is 1. The zero-order valence-electron chi connectivity index (χ0n) is 18.3. The number of carbonyl (C=O) groups excluding carboxylic acids is 2. The second-order valence-electron chi connectivity index (χ2n) is 9.19. The summed E-state index contributed by atoms with van der Waals surface area (Å²) in [5, 5.41) is 7.01. The van der Waals surface area contributed by atoms with Crippen molar-refractivity contribution in [1.82, 2.24) is 10.1 Å². The molecule has 2 heterocycles. The monoisotopic (exact) mass is 421 g/mol. The van der Waals surface area contributed by atoms with Crippen LogP contribution in [0.3, 0.4) is 0 Å². The third kappa shape index (κ3) is 4.45. The Kier molecular flexibility index (Phi) is 5.52. The van der Waals surface area contributed by atoms with E-state index >= 15 is 0 Å². The van der Waals surface area contributed by atoms with E-state index in [0.29, 0.717) is 17.2 Å². The van der Waals surface area contributed by atoms with Gasteiger partial charge in [-0.25, -0.2) is 4.79 Å². The lowest BCUT2D eigenvalue weighted by atomic mass is 9.70. The summed E-state index contributed by atoms with van der Waals surface area (Å²) >= 11 is 0. The fraction of sp³-hybridized carbons (Fsp3) is 0.417. The molecule has 4 rings (SSSR count). The minimum atomic E-state index is -0.506. The Hall–Kier alpha value is -3.22. The summed E-state index contributed by atoms with van der Waals surface area (Å²) in [6, 6.07) is 9.18. The summed E-state index contributed by atoms with van der Waals surface area (Å²) in [5.74, 6) is -0.330. The molecule has 0 fully saturated rings. The lowest BCUT2D eigenvalue weighted by molar-refractivity contribution is -0.119. The highest BCUT2D eigenvalue weighted by Crippen LogP contribution is 2.39. The number of amides is 1. The van der Waals surface area contributed by atoms with Gasteiger partial charge in [0.25, 0.3) is 5.91 Å². The Bertz CT molecular complexity index is 1140. The van der Waals surface area contributed by atoms with Gasteiger partial charge in [-0.15, -0.1) is 0 Å². The standard InChI is InChI=1S/C24H27N3O4/c1-14-11-21(31-27-14)26-20(28)13-30-23(29)22-16-7-5-6-8-18(16)25-19-10-9-15(12-17(19)22)24(2,3)4/h5-8,11,15H,9-10,12-13H2,1-4H3,(H,26,28). The molecule has 7 heteroatoms. The van der Waals surface area contributed by atoms with Crippen LogP contribution in [-0.4, -0.2) is 28.6 Å². The van der Waals surface area contributed by atoms with Crippen molar-refractivity contribution in [3.63, 3.8) is 0 Å². The maximum atomic E-state index is 13.2. The smallest absolute Gasteiger partial charge is 0.339 e. The molecule has 1 unspecified atom stereocenters. The summed E-state index contributed by atoms with van der Waals surface area (Å²) in [7, 11) is 0. The van der Waals surface area contributed by atoms with Gasteiger partial charge in [0.1, 0.15) is 0 Å². The zero-order chi connectivity index (χ0) is 22.2. The van der Waals surface area contributed by atoms with Crippen molar-refractivity contribution in [2.24, 2.45) is 11.3 Å². The predicted octanol–water partition coefficient (Wildman–Crippen LogP) is 4.48. The van der Waals surface area contributed by atoms with E-state index in [-0.39, 0.29) is 11.3 Å². The number of anilines is 1.